The molecule has 0 spiro atoms. The topological polar surface area (TPSA) is 43.0 Å². The zero-order valence-corrected chi connectivity index (χ0v) is 15.5. The van der Waals surface area contributed by atoms with Gasteiger partial charge in [-0.15, -0.1) is 5.10 Å². The van der Waals surface area contributed by atoms with E-state index in [0.29, 0.717) is 17.4 Å². The molecule has 0 radical (unpaired) electrons. The summed E-state index contributed by atoms with van der Waals surface area (Å²) in [6.07, 6.45) is 0. The van der Waals surface area contributed by atoms with Gasteiger partial charge in [0.2, 0.25) is 5.89 Å². The van der Waals surface area contributed by atoms with Crippen molar-refractivity contribution in [2.45, 2.75) is 12.7 Å². The summed E-state index contributed by atoms with van der Waals surface area (Å²) in [4.78, 5) is 0.348. The van der Waals surface area contributed by atoms with Gasteiger partial charge in [0.05, 0.1) is 12.7 Å². The number of nitrogens with zero attached hydrogens (tertiary/aromatic N) is 2. The third-order valence-electron chi connectivity index (χ3n) is 4.34. The average molecular weight is 373 g/mol. The van der Waals surface area contributed by atoms with E-state index in [0.717, 1.165) is 5.56 Å². The minimum atomic E-state index is 0.0335. The van der Waals surface area contributed by atoms with Crippen molar-refractivity contribution in [2.24, 2.45) is 0 Å². The van der Waals surface area contributed by atoms with E-state index in [-0.39, 0.29) is 6.04 Å². The molecule has 4 nitrogen and oxygen atoms in total. The van der Waals surface area contributed by atoms with Gasteiger partial charge >= 0.3 is 0 Å². The molecule has 4 rings (SSSR count). The SMILES string of the molecule is S=c1oc(-c2ccccc2)nn1CNC(c1ccccc1)c1ccccc1. The second kappa shape index (κ2) is 8.12. The molecule has 0 amide bonds. The molecular weight excluding hydrogens is 354 g/mol. The number of benzene rings is 3. The van der Waals surface area contributed by atoms with Gasteiger partial charge in [0.1, 0.15) is 0 Å². The highest BCUT2D eigenvalue weighted by Gasteiger charge is 2.14. The maximum Gasteiger partial charge on any atom is 0.288 e. The van der Waals surface area contributed by atoms with Crippen LogP contribution in [0, 0.1) is 4.84 Å². The van der Waals surface area contributed by atoms with E-state index in [4.69, 9.17) is 16.6 Å². The van der Waals surface area contributed by atoms with Gasteiger partial charge in [0, 0.05) is 5.56 Å². The van der Waals surface area contributed by atoms with Gasteiger partial charge in [-0.05, 0) is 35.5 Å². The van der Waals surface area contributed by atoms with Crippen LogP contribution >= 0.6 is 12.2 Å². The molecule has 0 unspecified atom stereocenters. The lowest BCUT2D eigenvalue weighted by Crippen LogP contribution is -2.25. The third kappa shape index (κ3) is 4.05. The van der Waals surface area contributed by atoms with Crippen LogP contribution in [0.2, 0.25) is 0 Å². The van der Waals surface area contributed by atoms with E-state index in [9.17, 15) is 0 Å². The van der Waals surface area contributed by atoms with Gasteiger partial charge < -0.3 is 4.42 Å². The Morgan fingerprint density at radius 1 is 0.815 bits per heavy atom. The second-order valence-corrected chi connectivity index (χ2v) is 6.50. The number of rotatable bonds is 6. The minimum absolute atomic E-state index is 0.0335. The van der Waals surface area contributed by atoms with E-state index >= 15 is 0 Å². The summed E-state index contributed by atoms with van der Waals surface area (Å²) in [5, 5.41) is 8.07. The van der Waals surface area contributed by atoms with Crippen LogP contribution in [0.4, 0.5) is 0 Å². The molecule has 0 atom stereocenters. The normalized spacial score (nSPS) is 11.0. The summed E-state index contributed by atoms with van der Waals surface area (Å²) < 4.78 is 7.35. The van der Waals surface area contributed by atoms with Crippen molar-refractivity contribution in [1.29, 1.82) is 0 Å². The highest BCUT2D eigenvalue weighted by molar-refractivity contribution is 7.71. The molecule has 0 aliphatic rings. The van der Waals surface area contributed by atoms with Gasteiger partial charge in [0.15, 0.2) is 0 Å². The summed E-state index contributed by atoms with van der Waals surface area (Å²) in [5.74, 6) is 0.526. The van der Waals surface area contributed by atoms with Gasteiger partial charge in [-0.1, -0.05) is 78.9 Å². The lowest BCUT2D eigenvalue weighted by atomic mass is 9.99. The molecule has 27 heavy (non-hydrogen) atoms. The Balaban J connectivity index is 1.59. The predicted octanol–water partition coefficient (Wildman–Crippen LogP) is 5.21. The third-order valence-corrected chi connectivity index (χ3v) is 4.63. The van der Waals surface area contributed by atoms with Gasteiger partial charge in [-0.3, -0.25) is 5.32 Å². The van der Waals surface area contributed by atoms with E-state index < -0.39 is 0 Å². The fourth-order valence-electron chi connectivity index (χ4n) is 3.00. The van der Waals surface area contributed by atoms with Crippen LogP contribution in [0.3, 0.4) is 0 Å². The van der Waals surface area contributed by atoms with E-state index in [1.807, 2.05) is 66.7 Å². The van der Waals surface area contributed by atoms with Crippen LogP contribution < -0.4 is 5.32 Å². The molecule has 5 heteroatoms. The first kappa shape index (κ1) is 17.4. The van der Waals surface area contributed by atoms with Crippen LogP contribution in [0.15, 0.2) is 95.4 Å². The number of hydrogen-bond acceptors (Lipinski definition) is 4. The molecule has 0 aliphatic heterocycles. The quantitative estimate of drug-likeness (QED) is 0.471. The number of hydrogen-bond donors (Lipinski definition) is 1. The van der Waals surface area contributed by atoms with E-state index in [1.54, 1.807) is 4.68 Å². The lowest BCUT2D eigenvalue weighted by Gasteiger charge is -2.19. The highest BCUT2D eigenvalue weighted by Crippen LogP contribution is 2.22. The smallest absolute Gasteiger partial charge is 0.288 e. The van der Waals surface area contributed by atoms with Crippen molar-refractivity contribution in [3.05, 3.63) is 107 Å². The summed E-state index contributed by atoms with van der Waals surface area (Å²) in [6, 6.07) is 30.5. The number of aromatic nitrogens is 2. The van der Waals surface area contributed by atoms with Crippen LogP contribution in [0.1, 0.15) is 17.2 Å². The summed E-state index contributed by atoms with van der Waals surface area (Å²) in [5.41, 5.74) is 3.27. The Labute approximate surface area is 163 Å². The lowest BCUT2D eigenvalue weighted by molar-refractivity contribution is 0.445. The van der Waals surface area contributed by atoms with Crippen LogP contribution in [-0.2, 0) is 6.67 Å². The predicted molar refractivity (Wildman–Crippen MR) is 109 cm³/mol. The zero-order valence-electron chi connectivity index (χ0n) is 14.7. The maximum absolute atomic E-state index is 5.67. The molecule has 1 aromatic heterocycles. The highest BCUT2D eigenvalue weighted by atomic mass is 32.1. The monoisotopic (exact) mass is 373 g/mol. The van der Waals surface area contributed by atoms with Crippen molar-refractivity contribution < 1.29 is 4.42 Å². The van der Waals surface area contributed by atoms with Crippen molar-refractivity contribution in [3.8, 4) is 11.5 Å². The van der Waals surface area contributed by atoms with E-state index in [1.165, 1.54) is 11.1 Å². The molecule has 1 heterocycles. The zero-order chi connectivity index (χ0) is 18.5. The van der Waals surface area contributed by atoms with Crippen LogP contribution in [0.25, 0.3) is 11.5 Å². The van der Waals surface area contributed by atoms with Gasteiger partial charge in [0.25, 0.3) is 4.84 Å². The molecule has 0 fully saturated rings. The van der Waals surface area contributed by atoms with E-state index in [2.05, 4.69) is 34.7 Å². The van der Waals surface area contributed by atoms with Gasteiger partial charge in [-0.25, -0.2) is 4.68 Å². The molecule has 4 aromatic rings. The maximum atomic E-state index is 5.67. The van der Waals surface area contributed by atoms with Crippen molar-refractivity contribution in [3.63, 3.8) is 0 Å². The molecular formula is C22H19N3OS. The summed E-state index contributed by atoms with van der Waals surface area (Å²) >= 11 is 5.35. The Morgan fingerprint density at radius 3 is 1.89 bits per heavy atom. The molecule has 134 valence electrons. The molecule has 0 saturated heterocycles. The van der Waals surface area contributed by atoms with Crippen LogP contribution in [-0.4, -0.2) is 9.78 Å². The molecule has 0 saturated carbocycles. The van der Waals surface area contributed by atoms with Crippen molar-refractivity contribution in [1.82, 2.24) is 15.1 Å². The number of nitrogens with one attached hydrogen (secondary N) is 1. The summed E-state index contributed by atoms with van der Waals surface area (Å²) in [6.45, 7) is 0.448. The Morgan fingerprint density at radius 2 is 1.33 bits per heavy atom. The Kier molecular flexibility index (Phi) is 5.23. The molecule has 1 N–H and O–H groups in total. The molecule has 0 bridgehead atoms. The van der Waals surface area contributed by atoms with Crippen LogP contribution in [0.5, 0.6) is 0 Å². The second-order valence-electron chi connectivity index (χ2n) is 6.16. The fraction of sp³-hybridized carbons (Fsp3) is 0.0909. The first-order valence-electron chi connectivity index (χ1n) is 8.78. The Bertz CT molecular complexity index is 1000. The fourth-order valence-corrected chi connectivity index (χ4v) is 3.18. The van der Waals surface area contributed by atoms with Crippen molar-refractivity contribution in [2.75, 3.05) is 0 Å². The largest absolute Gasteiger partial charge is 0.409 e. The molecule has 0 aliphatic carbocycles. The first-order chi connectivity index (χ1) is 13.3. The first-order valence-corrected chi connectivity index (χ1v) is 9.19. The minimum Gasteiger partial charge on any atom is -0.409 e. The Hall–Kier alpha value is -3.02. The average Bonchev–Trinajstić information content (AvgIpc) is 3.11. The van der Waals surface area contributed by atoms with Gasteiger partial charge in [-0.2, -0.15) is 0 Å². The summed E-state index contributed by atoms with van der Waals surface area (Å²) in [7, 11) is 0. The van der Waals surface area contributed by atoms with Crippen molar-refractivity contribution >= 4 is 12.2 Å². The standard InChI is InChI=1S/C22H19N3OS/c27-22-25(24-21(26-22)19-14-8-3-9-15-19)16-23-20(17-10-4-1-5-11-17)18-12-6-2-7-13-18/h1-15,20,23H,16H2. The molecule has 3 aromatic carbocycles.